The van der Waals surface area contributed by atoms with E-state index >= 15 is 0 Å². The van der Waals surface area contributed by atoms with E-state index in [2.05, 4.69) is 10.7 Å². The van der Waals surface area contributed by atoms with Crippen molar-refractivity contribution in [1.82, 2.24) is 10.4 Å². The Morgan fingerprint density at radius 3 is 2.17 bits per heavy atom. The predicted octanol–water partition coefficient (Wildman–Crippen LogP) is 6.59. The van der Waals surface area contributed by atoms with Gasteiger partial charge in [-0.05, 0) is 54.1 Å². The zero-order chi connectivity index (χ0) is 26.2. The number of carbonyl (C=O) groups is 3. The Balaban J connectivity index is 1.47. The smallest absolute Gasteiger partial charge is 0.272 e. The number of amides is 3. The van der Waals surface area contributed by atoms with Crippen LogP contribution in [0, 0.1) is 5.92 Å². The van der Waals surface area contributed by atoms with E-state index in [4.69, 9.17) is 58.0 Å². The lowest BCUT2D eigenvalue weighted by molar-refractivity contribution is -0.117. The Morgan fingerprint density at radius 1 is 0.889 bits per heavy atom. The lowest BCUT2D eigenvalue weighted by atomic mass is 10.1. The maximum Gasteiger partial charge on any atom is 0.272 e. The van der Waals surface area contributed by atoms with Crippen LogP contribution in [0.3, 0.4) is 0 Å². The minimum Gasteiger partial charge on any atom is -0.326 e. The van der Waals surface area contributed by atoms with Gasteiger partial charge in [0.15, 0.2) is 0 Å². The van der Waals surface area contributed by atoms with E-state index in [0.29, 0.717) is 26.9 Å². The number of anilines is 1. The van der Waals surface area contributed by atoms with Crippen LogP contribution in [0.4, 0.5) is 5.69 Å². The first-order valence-electron chi connectivity index (χ1n) is 10.6. The Kier molecular flexibility index (Phi) is 7.74. The van der Waals surface area contributed by atoms with Gasteiger partial charge in [0.2, 0.25) is 5.91 Å². The first-order chi connectivity index (χ1) is 17.0. The fraction of sp³-hybridized carbons (Fsp3) is 0.160. The highest BCUT2D eigenvalue weighted by atomic mass is 35.5. The SMILES string of the molecule is CN(NC(=O)c1cc(NC(=O)C2C(c3cc(Cl)cc(Cl)c3)C2(Cl)Cl)ccc1Cl)C(=O)c1ccccc1. The van der Waals surface area contributed by atoms with Crippen molar-refractivity contribution in [3.05, 3.63) is 98.5 Å². The first-order valence-corrected chi connectivity index (χ1v) is 12.5. The number of carbonyl (C=O) groups excluding carboxylic acids is 3. The van der Waals surface area contributed by atoms with Gasteiger partial charge >= 0.3 is 0 Å². The number of alkyl halides is 2. The minimum absolute atomic E-state index is 0.0548. The zero-order valence-corrected chi connectivity index (χ0v) is 22.3. The fourth-order valence-electron chi connectivity index (χ4n) is 3.86. The van der Waals surface area contributed by atoms with Crippen LogP contribution in [-0.4, -0.2) is 34.1 Å². The number of nitrogens with zero attached hydrogens (tertiary/aromatic N) is 1. The molecule has 0 saturated heterocycles. The molecule has 0 aliphatic heterocycles. The van der Waals surface area contributed by atoms with Crippen molar-refractivity contribution in [2.24, 2.45) is 5.92 Å². The molecule has 2 atom stereocenters. The third-order valence-electron chi connectivity index (χ3n) is 5.65. The third kappa shape index (κ3) is 5.58. The van der Waals surface area contributed by atoms with Crippen LogP contribution in [0.5, 0.6) is 0 Å². The van der Waals surface area contributed by atoms with Gasteiger partial charge < -0.3 is 5.32 Å². The summed E-state index contributed by atoms with van der Waals surface area (Å²) in [6, 6.07) is 17.7. The van der Waals surface area contributed by atoms with Gasteiger partial charge in [-0.1, -0.05) is 53.0 Å². The van der Waals surface area contributed by atoms with Crippen molar-refractivity contribution in [3.63, 3.8) is 0 Å². The highest BCUT2D eigenvalue weighted by molar-refractivity contribution is 6.53. The second-order valence-corrected chi connectivity index (χ2v) is 10.9. The second-order valence-electron chi connectivity index (χ2n) is 8.19. The van der Waals surface area contributed by atoms with Crippen LogP contribution >= 0.6 is 58.0 Å². The predicted molar refractivity (Wildman–Crippen MR) is 143 cm³/mol. The summed E-state index contributed by atoms with van der Waals surface area (Å²) >= 11 is 31.2. The third-order valence-corrected chi connectivity index (χ3v) is 7.36. The largest absolute Gasteiger partial charge is 0.326 e. The normalized spacial score (nSPS) is 17.7. The summed E-state index contributed by atoms with van der Waals surface area (Å²) in [5.41, 5.74) is 3.87. The van der Waals surface area contributed by atoms with Gasteiger partial charge in [-0.3, -0.25) is 24.8 Å². The molecule has 1 saturated carbocycles. The molecule has 0 aromatic heterocycles. The minimum atomic E-state index is -1.36. The van der Waals surface area contributed by atoms with Crippen LogP contribution in [0.2, 0.25) is 15.1 Å². The standard InChI is InChI=1S/C25H18Cl5N3O3/c1-33(24(36)13-5-3-2-4-6-13)32-22(34)18-12-17(7-8-19(18)28)31-23(35)21-20(25(21,29)30)14-9-15(26)11-16(27)10-14/h2-12,20-21H,1H3,(H,31,35)(H,32,34). The average Bonchev–Trinajstić information content (AvgIpc) is 3.41. The van der Waals surface area contributed by atoms with Gasteiger partial charge in [0.1, 0.15) is 4.33 Å². The second kappa shape index (κ2) is 10.5. The van der Waals surface area contributed by atoms with Crippen molar-refractivity contribution < 1.29 is 14.4 Å². The summed E-state index contributed by atoms with van der Waals surface area (Å²) in [5.74, 6) is -2.80. The molecule has 0 spiro atoms. The van der Waals surface area contributed by atoms with Crippen LogP contribution in [0.25, 0.3) is 0 Å². The monoisotopic (exact) mass is 583 g/mol. The molecule has 2 N–H and O–H groups in total. The number of hydrazine groups is 1. The number of nitrogens with one attached hydrogen (secondary N) is 2. The fourth-order valence-corrected chi connectivity index (χ4v) is 5.43. The molecule has 0 bridgehead atoms. The molecule has 186 valence electrons. The quantitative estimate of drug-likeness (QED) is 0.262. The molecule has 0 heterocycles. The van der Waals surface area contributed by atoms with E-state index in [1.807, 2.05) is 0 Å². The van der Waals surface area contributed by atoms with Crippen LogP contribution in [0.15, 0.2) is 66.7 Å². The average molecular weight is 586 g/mol. The van der Waals surface area contributed by atoms with E-state index in [1.54, 1.807) is 48.5 Å². The van der Waals surface area contributed by atoms with Gasteiger partial charge in [-0.25, -0.2) is 0 Å². The molecule has 2 unspecified atom stereocenters. The number of hydrogen-bond acceptors (Lipinski definition) is 3. The van der Waals surface area contributed by atoms with E-state index in [1.165, 1.54) is 25.2 Å². The van der Waals surface area contributed by atoms with Crippen molar-refractivity contribution in [2.45, 2.75) is 10.3 Å². The zero-order valence-electron chi connectivity index (χ0n) is 18.6. The highest BCUT2D eigenvalue weighted by Gasteiger charge is 2.67. The van der Waals surface area contributed by atoms with E-state index in [-0.39, 0.29) is 10.6 Å². The van der Waals surface area contributed by atoms with Crippen LogP contribution < -0.4 is 10.7 Å². The lowest BCUT2D eigenvalue weighted by Gasteiger charge is -2.19. The maximum atomic E-state index is 13.0. The number of rotatable bonds is 5. The summed E-state index contributed by atoms with van der Waals surface area (Å²) in [7, 11) is 1.42. The van der Waals surface area contributed by atoms with Crippen LogP contribution in [0.1, 0.15) is 32.2 Å². The summed E-state index contributed by atoms with van der Waals surface area (Å²) in [5, 5.41) is 4.71. The Labute approximate surface area is 232 Å². The number of benzene rings is 3. The van der Waals surface area contributed by atoms with Crippen molar-refractivity contribution in [2.75, 3.05) is 12.4 Å². The summed E-state index contributed by atoms with van der Waals surface area (Å²) in [6.45, 7) is 0. The molecule has 4 rings (SSSR count). The van der Waals surface area contributed by atoms with Crippen molar-refractivity contribution in [1.29, 1.82) is 0 Å². The molecule has 0 radical (unpaired) electrons. The van der Waals surface area contributed by atoms with E-state index in [0.717, 1.165) is 5.01 Å². The van der Waals surface area contributed by atoms with E-state index in [9.17, 15) is 14.4 Å². The van der Waals surface area contributed by atoms with Gasteiger partial charge in [0.05, 0.1) is 16.5 Å². The molecule has 11 heteroatoms. The molecular weight excluding hydrogens is 568 g/mol. The molecule has 1 fully saturated rings. The number of hydrogen-bond donors (Lipinski definition) is 2. The summed E-state index contributed by atoms with van der Waals surface area (Å²) in [4.78, 5) is 38.4. The molecule has 36 heavy (non-hydrogen) atoms. The summed E-state index contributed by atoms with van der Waals surface area (Å²) in [6.07, 6.45) is 0. The summed E-state index contributed by atoms with van der Waals surface area (Å²) < 4.78 is -1.36. The molecule has 1 aliphatic carbocycles. The van der Waals surface area contributed by atoms with Gasteiger partial charge in [-0.15, -0.1) is 23.2 Å². The Bertz CT molecular complexity index is 1330. The molecule has 3 aromatic rings. The van der Waals surface area contributed by atoms with Gasteiger partial charge in [-0.2, -0.15) is 0 Å². The van der Waals surface area contributed by atoms with Crippen LogP contribution in [-0.2, 0) is 4.79 Å². The lowest BCUT2D eigenvalue weighted by Crippen LogP contribution is -2.43. The Hall–Kier alpha value is -2.48. The van der Waals surface area contributed by atoms with E-state index < -0.39 is 33.9 Å². The first kappa shape index (κ1) is 26.6. The molecule has 3 aromatic carbocycles. The van der Waals surface area contributed by atoms with Crippen molar-refractivity contribution in [3.8, 4) is 0 Å². The van der Waals surface area contributed by atoms with Gasteiger partial charge in [0.25, 0.3) is 11.8 Å². The molecule has 6 nitrogen and oxygen atoms in total. The molecule has 1 aliphatic rings. The molecular formula is C25H18Cl5N3O3. The maximum absolute atomic E-state index is 13.0. The van der Waals surface area contributed by atoms with Gasteiger partial charge in [0, 0.05) is 34.3 Å². The molecule has 3 amide bonds. The Morgan fingerprint density at radius 2 is 1.53 bits per heavy atom. The number of halogens is 5. The topological polar surface area (TPSA) is 78.5 Å². The highest BCUT2D eigenvalue weighted by Crippen LogP contribution is 2.65. The van der Waals surface area contributed by atoms with Crippen molar-refractivity contribution >= 4 is 81.4 Å².